The molecule has 1 aliphatic rings. The molecule has 0 bridgehead atoms. The number of carbonyl (C=O) groups excluding carboxylic acids is 1. The molecule has 2 heterocycles. The van der Waals surface area contributed by atoms with Crippen LogP contribution in [0.5, 0.6) is 0 Å². The number of ether oxygens (including phenoxy) is 1. The quantitative estimate of drug-likeness (QED) is 0.860. The van der Waals surface area contributed by atoms with Crippen LogP contribution in [-0.4, -0.2) is 43.8 Å². The van der Waals surface area contributed by atoms with Crippen LogP contribution in [0.25, 0.3) is 10.9 Å². The second-order valence-electron chi connectivity index (χ2n) is 6.42. The summed E-state index contributed by atoms with van der Waals surface area (Å²) in [6.45, 7) is 6.87. The maximum Gasteiger partial charge on any atom is 0.343 e. The van der Waals surface area contributed by atoms with Gasteiger partial charge in [0.1, 0.15) is 11.4 Å². The van der Waals surface area contributed by atoms with Crippen LogP contribution in [0.1, 0.15) is 30.2 Å². The molecule has 0 atom stereocenters. The number of benzene rings is 1. The zero-order valence-electron chi connectivity index (χ0n) is 14.6. The van der Waals surface area contributed by atoms with E-state index >= 15 is 0 Å². The summed E-state index contributed by atoms with van der Waals surface area (Å²) in [5.41, 5.74) is 0.499. The molecule has 0 spiro atoms. The summed E-state index contributed by atoms with van der Waals surface area (Å²) >= 11 is 0. The lowest BCUT2D eigenvalue weighted by Gasteiger charge is -2.30. The predicted octanol–water partition coefficient (Wildman–Crippen LogP) is 1.92. The van der Waals surface area contributed by atoms with Gasteiger partial charge in [0, 0.05) is 43.8 Å². The lowest BCUT2D eigenvalue weighted by atomic mass is 10.1. The molecule has 1 aromatic heterocycles. The van der Waals surface area contributed by atoms with E-state index in [1.807, 2.05) is 23.3 Å². The first-order chi connectivity index (χ1) is 11.9. The van der Waals surface area contributed by atoms with Crippen LogP contribution in [0.2, 0.25) is 0 Å². The number of rotatable bonds is 3. The van der Waals surface area contributed by atoms with Gasteiger partial charge in [0.05, 0.1) is 18.3 Å². The van der Waals surface area contributed by atoms with Gasteiger partial charge in [0.2, 0.25) is 5.43 Å². The summed E-state index contributed by atoms with van der Waals surface area (Å²) in [6, 6.07) is 2.94. The van der Waals surface area contributed by atoms with E-state index in [1.54, 1.807) is 6.07 Å². The second kappa shape index (κ2) is 6.84. The molecule has 1 saturated heterocycles. The van der Waals surface area contributed by atoms with Gasteiger partial charge in [-0.1, -0.05) is 0 Å². The molecule has 0 saturated carbocycles. The Balaban J connectivity index is 2.26. The molecule has 3 rings (SSSR count). The van der Waals surface area contributed by atoms with Gasteiger partial charge in [-0.15, -0.1) is 0 Å². The molecule has 2 aromatic rings. The average Bonchev–Trinajstić information content (AvgIpc) is 2.62. The highest BCUT2D eigenvalue weighted by molar-refractivity contribution is 5.94. The van der Waals surface area contributed by atoms with E-state index in [4.69, 9.17) is 0 Å². The number of hydrogen-bond acceptors (Lipinski definition) is 5. The average molecular weight is 347 g/mol. The first kappa shape index (κ1) is 17.4. The van der Waals surface area contributed by atoms with Gasteiger partial charge in [-0.3, -0.25) is 4.79 Å². The van der Waals surface area contributed by atoms with Gasteiger partial charge in [0.25, 0.3) is 0 Å². The number of halogens is 1. The normalized spacial score (nSPS) is 15.0. The summed E-state index contributed by atoms with van der Waals surface area (Å²) in [4.78, 5) is 26.5. The number of anilines is 1. The molecule has 0 radical (unpaired) electrons. The first-order valence-electron chi connectivity index (χ1n) is 8.36. The Kier molecular flexibility index (Phi) is 4.76. The van der Waals surface area contributed by atoms with Gasteiger partial charge in [0.15, 0.2) is 0 Å². The van der Waals surface area contributed by atoms with E-state index in [1.165, 1.54) is 19.4 Å². The fourth-order valence-corrected chi connectivity index (χ4v) is 3.19. The van der Waals surface area contributed by atoms with Crippen LogP contribution in [-0.2, 0) is 4.74 Å². The lowest BCUT2D eigenvalue weighted by molar-refractivity contribution is 0.0598. The Morgan fingerprint density at radius 1 is 1.28 bits per heavy atom. The van der Waals surface area contributed by atoms with Crippen molar-refractivity contribution >= 4 is 22.6 Å². The summed E-state index contributed by atoms with van der Waals surface area (Å²) in [5, 5.41) is 3.42. The van der Waals surface area contributed by atoms with Crippen LogP contribution >= 0.6 is 0 Å². The summed E-state index contributed by atoms with van der Waals surface area (Å²) in [6.07, 6.45) is 1.50. The number of pyridine rings is 1. The smallest absolute Gasteiger partial charge is 0.343 e. The number of fused-ring (bicyclic) bond motifs is 1. The fourth-order valence-electron chi connectivity index (χ4n) is 3.19. The van der Waals surface area contributed by atoms with Crippen molar-refractivity contribution in [3.8, 4) is 0 Å². The third kappa shape index (κ3) is 3.11. The van der Waals surface area contributed by atoms with E-state index in [-0.39, 0.29) is 17.0 Å². The van der Waals surface area contributed by atoms with E-state index in [2.05, 4.69) is 10.1 Å². The van der Waals surface area contributed by atoms with E-state index in [0.717, 1.165) is 13.1 Å². The van der Waals surface area contributed by atoms with Crippen LogP contribution in [0.15, 0.2) is 23.1 Å². The molecule has 0 amide bonds. The van der Waals surface area contributed by atoms with Crippen LogP contribution in [0.4, 0.5) is 10.1 Å². The minimum atomic E-state index is -0.715. The minimum absolute atomic E-state index is 0.00663. The van der Waals surface area contributed by atoms with Gasteiger partial charge in [-0.25, -0.2) is 9.18 Å². The zero-order valence-corrected chi connectivity index (χ0v) is 14.6. The molecule has 0 unspecified atom stereocenters. The van der Waals surface area contributed by atoms with Gasteiger partial charge in [-0.2, -0.15) is 0 Å². The van der Waals surface area contributed by atoms with Crippen LogP contribution < -0.4 is 15.6 Å². The molecule has 6 nitrogen and oxygen atoms in total. The fraction of sp³-hybridized carbons (Fsp3) is 0.444. The summed E-state index contributed by atoms with van der Waals surface area (Å²) < 4.78 is 21.2. The molecule has 1 N–H and O–H groups in total. The van der Waals surface area contributed by atoms with Gasteiger partial charge in [-0.05, 0) is 26.0 Å². The molecule has 1 aliphatic heterocycles. The van der Waals surface area contributed by atoms with Crippen molar-refractivity contribution in [3.63, 3.8) is 0 Å². The maximum absolute atomic E-state index is 14.7. The zero-order chi connectivity index (χ0) is 18.1. The lowest BCUT2D eigenvalue weighted by Crippen LogP contribution is -2.43. The largest absolute Gasteiger partial charge is 0.465 e. The number of esters is 1. The standard InChI is InChI=1S/C18H22FN3O3/c1-11(2)22-10-13(18(24)25-3)17(23)12-8-14(19)16(9-15(12)22)21-6-4-20-5-7-21/h8-11,20H,4-7H2,1-3H3. The van der Waals surface area contributed by atoms with E-state index < -0.39 is 17.2 Å². The molecular weight excluding hydrogens is 325 g/mol. The van der Waals surface area contributed by atoms with Gasteiger partial charge < -0.3 is 19.5 Å². The van der Waals surface area contributed by atoms with E-state index in [0.29, 0.717) is 24.3 Å². The van der Waals surface area contributed by atoms with Crippen molar-refractivity contribution in [1.29, 1.82) is 0 Å². The molecule has 7 heteroatoms. The topological polar surface area (TPSA) is 63.6 Å². The molecule has 25 heavy (non-hydrogen) atoms. The van der Waals surface area contributed by atoms with Crippen LogP contribution in [0, 0.1) is 5.82 Å². The first-order valence-corrected chi connectivity index (χ1v) is 8.36. The Morgan fingerprint density at radius 2 is 1.96 bits per heavy atom. The van der Waals surface area contributed by atoms with E-state index in [9.17, 15) is 14.0 Å². The predicted molar refractivity (Wildman–Crippen MR) is 95.0 cm³/mol. The highest BCUT2D eigenvalue weighted by atomic mass is 19.1. The van der Waals surface area contributed by atoms with Crippen molar-refractivity contribution < 1.29 is 13.9 Å². The number of nitrogens with one attached hydrogen (secondary N) is 1. The Hall–Kier alpha value is -2.41. The van der Waals surface area contributed by atoms with Crippen molar-refractivity contribution in [2.45, 2.75) is 19.9 Å². The Labute approximate surface area is 145 Å². The number of piperazine rings is 1. The number of aromatic nitrogens is 1. The third-order valence-electron chi connectivity index (χ3n) is 4.52. The molecule has 1 aromatic carbocycles. The Bertz CT molecular complexity index is 870. The molecule has 1 fully saturated rings. The van der Waals surface area contributed by atoms with Gasteiger partial charge >= 0.3 is 5.97 Å². The highest BCUT2D eigenvalue weighted by Gasteiger charge is 2.21. The minimum Gasteiger partial charge on any atom is -0.465 e. The number of methoxy groups -OCH3 is 1. The monoisotopic (exact) mass is 347 g/mol. The SMILES string of the molecule is COC(=O)c1cn(C(C)C)c2cc(N3CCNCC3)c(F)cc2c1=O. The third-order valence-corrected chi connectivity index (χ3v) is 4.52. The summed E-state index contributed by atoms with van der Waals surface area (Å²) in [5.74, 6) is -1.17. The number of hydrogen-bond donors (Lipinski definition) is 1. The van der Waals surface area contributed by atoms with Crippen molar-refractivity contribution in [1.82, 2.24) is 9.88 Å². The van der Waals surface area contributed by atoms with Crippen LogP contribution in [0.3, 0.4) is 0 Å². The number of nitrogens with zero attached hydrogens (tertiary/aromatic N) is 2. The highest BCUT2D eigenvalue weighted by Crippen LogP contribution is 2.27. The summed E-state index contributed by atoms with van der Waals surface area (Å²) in [7, 11) is 1.22. The second-order valence-corrected chi connectivity index (χ2v) is 6.42. The molecule has 0 aliphatic carbocycles. The molecular formula is C18H22FN3O3. The number of carbonyl (C=O) groups is 1. The Morgan fingerprint density at radius 3 is 2.56 bits per heavy atom. The molecule has 134 valence electrons. The van der Waals surface area contributed by atoms with Crippen molar-refractivity contribution in [2.24, 2.45) is 0 Å². The van der Waals surface area contributed by atoms with Crippen molar-refractivity contribution in [2.75, 3.05) is 38.2 Å². The maximum atomic E-state index is 14.7. The van der Waals surface area contributed by atoms with Crippen molar-refractivity contribution in [3.05, 3.63) is 39.9 Å².